The average Bonchev–Trinajstić information content (AvgIpc) is 3.36. The van der Waals surface area contributed by atoms with E-state index in [0.29, 0.717) is 0 Å². The molecule has 314 valence electrons. The Bertz CT molecular complexity index is 3570. The minimum atomic E-state index is 1.13. The molecule has 2 nitrogen and oxygen atoms in total. The molecule has 0 radical (unpaired) electrons. The van der Waals surface area contributed by atoms with Crippen molar-refractivity contribution in [2.45, 2.75) is 27.7 Å². The standard InChI is InChI=1S/C64H48N2/c1-41-17-5-15-27-63(41)65(47-31-35-59-55-23-9-7-19-51(55)53-21-11-13-25-57(53)61(59)39-47)45-29-33-49(43(3)37-45)50-34-30-46(38-44(50)4)66(64-28-16-6-18-42(64)2)48-32-36-60-56-24-10-8-20-52(56)54-22-12-14-26-58(54)62(60)40-48/h5-40H,1-4H3. The average molecular weight is 845 g/mol. The van der Waals surface area contributed by atoms with Gasteiger partial charge < -0.3 is 9.80 Å². The molecule has 0 spiro atoms. The van der Waals surface area contributed by atoms with Crippen molar-refractivity contribution in [2.75, 3.05) is 9.80 Å². The molecule has 0 unspecified atom stereocenters. The van der Waals surface area contributed by atoms with Gasteiger partial charge in [0.2, 0.25) is 0 Å². The van der Waals surface area contributed by atoms with E-state index >= 15 is 0 Å². The number of nitrogens with zero attached hydrogens (tertiary/aromatic N) is 2. The molecule has 0 aromatic heterocycles. The number of hydrogen-bond donors (Lipinski definition) is 0. The van der Waals surface area contributed by atoms with E-state index < -0.39 is 0 Å². The molecule has 0 aliphatic heterocycles. The van der Waals surface area contributed by atoms with E-state index in [1.807, 2.05) is 0 Å². The van der Waals surface area contributed by atoms with E-state index in [1.165, 1.54) is 109 Å². The quantitative estimate of drug-likeness (QED) is 0.148. The largest absolute Gasteiger partial charge is 0.310 e. The Hall–Kier alpha value is -8.20. The predicted octanol–water partition coefficient (Wildman–Crippen LogP) is 18.4. The van der Waals surface area contributed by atoms with Crippen LogP contribution in [0, 0.1) is 27.7 Å². The number of anilines is 6. The maximum atomic E-state index is 2.43. The summed E-state index contributed by atoms with van der Waals surface area (Å²) in [5.41, 5.74) is 14.2. The fraction of sp³-hybridized carbons (Fsp3) is 0.0625. The van der Waals surface area contributed by atoms with Gasteiger partial charge in [-0.25, -0.2) is 0 Å². The third kappa shape index (κ3) is 6.40. The Labute approximate surface area is 386 Å². The van der Waals surface area contributed by atoms with E-state index in [1.54, 1.807) is 0 Å². The summed E-state index contributed by atoms with van der Waals surface area (Å²) in [6.45, 7) is 8.93. The van der Waals surface area contributed by atoms with Crippen LogP contribution in [0.2, 0.25) is 0 Å². The normalized spacial score (nSPS) is 11.6. The fourth-order valence-corrected chi connectivity index (χ4v) is 10.7. The molecule has 0 amide bonds. The summed E-state index contributed by atoms with van der Waals surface area (Å²) < 4.78 is 0. The van der Waals surface area contributed by atoms with Crippen molar-refractivity contribution in [1.29, 1.82) is 0 Å². The van der Waals surface area contributed by atoms with Gasteiger partial charge in [-0.3, -0.25) is 0 Å². The first-order valence-corrected chi connectivity index (χ1v) is 23.0. The molecule has 0 aliphatic rings. The highest BCUT2D eigenvalue weighted by Crippen LogP contribution is 2.45. The third-order valence-electron chi connectivity index (χ3n) is 13.9. The summed E-state index contributed by atoms with van der Waals surface area (Å²) in [7, 11) is 0. The number of rotatable bonds is 7. The van der Waals surface area contributed by atoms with Gasteiger partial charge in [0.25, 0.3) is 0 Å². The smallest absolute Gasteiger partial charge is 0.0490 e. The van der Waals surface area contributed by atoms with E-state index in [-0.39, 0.29) is 0 Å². The zero-order valence-corrected chi connectivity index (χ0v) is 37.7. The van der Waals surface area contributed by atoms with Gasteiger partial charge in [0.05, 0.1) is 0 Å². The highest BCUT2D eigenvalue weighted by molar-refractivity contribution is 6.27. The monoisotopic (exact) mass is 844 g/mol. The number of para-hydroxylation sites is 2. The van der Waals surface area contributed by atoms with Crippen LogP contribution in [0.3, 0.4) is 0 Å². The molecule has 66 heavy (non-hydrogen) atoms. The maximum absolute atomic E-state index is 2.43. The summed E-state index contributed by atoms with van der Waals surface area (Å²) in [4.78, 5) is 4.86. The van der Waals surface area contributed by atoms with Crippen molar-refractivity contribution in [1.82, 2.24) is 0 Å². The van der Waals surface area contributed by atoms with Gasteiger partial charge in [-0.1, -0.05) is 158 Å². The van der Waals surface area contributed by atoms with Crippen LogP contribution in [-0.4, -0.2) is 0 Å². The molecule has 12 aromatic carbocycles. The van der Waals surface area contributed by atoms with Crippen LogP contribution in [0.5, 0.6) is 0 Å². The first-order chi connectivity index (χ1) is 32.4. The van der Waals surface area contributed by atoms with Gasteiger partial charge in [-0.05, 0) is 186 Å². The lowest BCUT2D eigenvalue weighted by atomic mass is 9.93. The molecule has 0 saturated heterocycles. The second-order valence-electron chi connectivity index (χ2n) is 17.9. The first-order valence-electron chi connectivity index (χ1n) is 23.0. The van der Waals surface area contributed by atoms with E-state index in [2.05, 4.69) is 256 Å². The molecule has 0 N–H and O–H groups in total. The Balaban J connectivity index is 0.966. The van der Waals surface area contributed by atoms with E-state index in [0.717, 1.165) is 22.7 Å². The van der Waals surface area contributed by atoms with Crippen molar-refractivity contribution in [2.24, 2.45) is 0 Å². The minimum Gasteiger partial charge on any atom is -0.310 e. The maximum Gasteiger partial charge on any atom is 0.0490 e. The van der Waals surface area contributed by atoms with Crippen LogP contribution in [0.25, 0.3) is 75.8 Å². The summed E-state index contributed by atoms with van der Waals surface area (Å²) >= 11 is 0. The second kappa shape index (κ2) is 15.8. The van der Waals surface area contributed by atoms with Crippen LogP contribution in [-0.2, 0) is 0 Å². The molecule has 12 aromatic rings. The lowest BCUT2D eigenvalue weighted by molar-refractivity contribution is 1.24. The summed E-state index contributed by atoms with van der Waals surface area (Å²) in [5.74, 6) is 0. The predicted molar refractivity (Wildman–Crippen MR) is 285 cm³/mol. The van der Waals surface area contributed by atoms with Gasteiger partial charge in [-0.2, -0.15) is 0 Å². The molecule has 12 rings (SSSR count). The minimum absolute atomic E-state index is 1.13. The highest BCUT2D eigenvalue weighted by Gasteiger charge is 2.21. The van der Waals surface area contributed by atoms with Crippen LogP contribution in [0.15, 0.2) is 218 Å². The molecule has 2 heteroatoms. The molecule has 0 heterocycles. The molecule has 0 aliphatic carbocycles. The van der Waals surface area contributed by atoms with Crippen molar-refractivity contribution in [3.05, 3.63) is 241 Å². The fourth-order valence-electron chi connectivity index (χ4n) is 10.7. The molecular weight excluding hydrogens is 797 g/mol. The number of aryl methyl sites for hydroxylation is 4. The van der Waals surface area contributed by atoms with Gasteiger partial charge in [0, 0.05) is 34.1 Å². The van der Waals surface area contributed by atoms with Crippen molar-refractivity contribution in [3.8, 4) is 11.1 Å². The van der Waals surface area contributed by atoms with Gasteiger partial charge in [-0.15, -0.1) is 0 Å². The molecule has 0 saturated carbocycles. The van der Waals surface area contributed by atoms with Crippen LogP contribution in [0.1, 0.15) is 22.3 Å². The second-order valence-corrected chi connectivity index (χ2v) is 17.9. The summed E-state index contributed by atoms with van der Waals surface area (Å²) in [6, 6.07) is 80.7. The van der Waals surface area contributed by atoms with Crippen LogP contribution >= 0.6 is 0 Å². The van der Waals surface area contributed by atoms with Crippen LogP contribution < -0.4 is 9.80 Å². The van der Waals surface area contributed by atoms with Crippen molar-refractivity contribution in [3.63, 3.8) is 0 Å². The molecule has 0 bridgehead atoms. The third-order valence-corrected chi connectivity index (χ3v) is 13.9. The lowest BCUT2D eigenvalue weighted by Gasteiger charge is -2.29. The molecular formula is C64H48N2. The van der Waals surface area contributed by atoms with Crippen molar-refractivity contribution < 1.29 is 0 Å². The Kier molecular flexibility index (Phi) is 9.43. The number of fused-ring (bicyclic) bond motifs is 12. The zero-order valence-electron chi connectivity index (χ0n) is 37.7. The molecule has 0 atom stereocenters. The Morgan fingerprint density at radius 3 is 0.788 bits per heavy atom. The van der Waals surface area contributed by atoms with Gasteiger partial charge in [0.1, 0.15) is 0 Å². The highest BCUT2D eigenvalue weighted by atomic mass is 15.1. The Morgan fingerprint density at radius 1 is 0.212 bits per heavy atom. The lowest BCUT2D eigenvalue weighted by Crippen LogP contribution is -2.12. The van der Waals surface area contributed by atoms with Crippen LogP contribution in [0.4, 0.5) is 34.1 Å². The first kappa shape index (κ1) is 39.4. The van der Waals surface area contributed by atoms with Gasteiger partial charge >= 0.3 is 0 Å². The summed E-state index contributed by atoms with van der Waals surface area (Å²) in [5, 5.41) is 15.3. The number of hydrogen-bond acceptors (Lipinski definition) is 2. The van der Waals surface area contributed by atoms with E-state index in [4.69, 9.17) is 0 Å². The molecule has 0 fully saturated rings. The van der Waals surface area contributed by atoms with E-state index in [9.17, 15) is 0 Å². The summed E-state index contributed by atoms with van der Waals surface area (Å²) in [6.07, 6.45) is 0. The van der Waals surface area contributed by atoms with Crippen molar-refractivity contribution >= 4 is 98.8 Å². The van der Waals surface area contributed by atoms with Gasteiger partial charge in [0.15, 0.2) is 0 Å². The zero-order chi connectivity index (χ0) is 44.5. The topological polar surface area (TPSA) is 6.48 Å². The SMILES string of the molecule is Cc1cc(N(c2ccc3c4ccccc4c4ccccc4c3c2)c2ccccc2C)ccc1-c1ccc(N(c2ccc3c4ccccc4c4ccccc4c3c2)c2ccccc2C)cc1C. The number of benzene rings is 12. The Morgan fingerprint density at radius 2 is 0.470 bits per heavy atom.